The number of aryl methyl sites for hydroxylation is 1. The van der Waals surface area contributed by atoms with Crippen molar-refractivity contribution in [1.29, 1.82) is 0 Å². The largest absolute Gasteiger partial charge is 0.478 e. The Balaban J connectivity index is 1.99. The van der Waals surface area contributed by atoms with Gasteiger partial charge in [0, 0.05) is 24.4 Å². The Kier molecular flexibility index (Phi) is 4.39. The molecule has 0 radical (unpaired) electrons. The zero-order valence-electron chi connectivity index (χ0n) is 11.6. The van der Waals surface area contributed by atoms with Crippen molar-refractivity contribution in [2.45, 2.75) is 33.4 Å². The van der Waals surface area contributed by atoms with E-state index >= 15 is 0 Å². The van der Waals surface area contributed by atoms with Gasteiger partial charge < -0.3 is 10.1 Å². The van der Waals surface area contributed by atoms with Crippen LogP contribution >= 0.6 is 0 Å². The maximum Gasteiger partial charge on any atom is 0.213 e. The van der Waals surface area contributed by atoms with E-state index in [0.717, 1.165) is 17.8 Å². The third-order valence-corrected chi connectivity index (χ3v) is 2.89. The Morgan fingerprint density at radius 1 is 1.32 bits per heavy atom. The second kappa shape index (κ2) is 6.22. The summed E-state index contributed by atoms with van der Waals surface area (Å²) in [6.45, 7) is 7.64. The molecule has 1 atom stereocenters. The number of hydrogen-bond donors (Lipinski definition) is 1. The molecule has 0 aliphatic carbocycles. The molecule has 1 N–H and O–H groups in total. The van der Waals surface area contributed by atoms with Crippen LogP contribution in [0.3, 0.4) is 0 Å². The molecule has 0 spiro atoms. The molecule has 5 nitrogen and oxygen atoms in total. The second-order valence-electron chi connectivity index (χ2n) is 4.31. The fraction of sp³-hybridized carbons (Fsp3) is 0.429. The quantitative estimate of drug-likeness (QED) is 0.867. The van der Waals surface area contributed by atoms with Gasteiger partial charge in [-0.1, -0.05) is 0 Å². The normalized spacial score (nSPS) is 12.2. The van der Waals surface area contributed by atoms with Gasteiger partial charge in [-0.15, -0.1) is 0 Å². The molecule has 2 rings (SSSR count). The van der Waals surface area contributed by atoms with Crippen molar-refractivity contribution in [3.63, 3.8) is 0 Å². The maximum atomic E-state index is 5.32. The van der Waals surface area contributed by atoms with Crippen LogP contribution in [-0.4, -0.2) is 21.4 Å². The van der Waals surface area contributed by atoms with Crippen LogP contribution in [0.15, 0.2) is 30.7 Å². The Morgan fingerprint density at radius 2 is 2.16 bits per heavy atom. The van der Waals surface area contributed by atoms with Gasteiger partial charge in [-0.25, -0.2) is 4.98 Å². The summed E-state index contributed by atoms with van der Waals surface area (Å²) < 4.78 is 7.24. The predicted molar refractivity (Wildman–Crippen MR) is 75.3 cm³/mol. The lowest BCUT2D eigenvalue weighted by atomic mass is 10.2. The SMILES string of the molecule is CCOc1ccc(NC(C)c2cnn(CC)c2)cn1. The van der Waals surface area contributed by atoms with E-state index in [4.69, 9.17) is 4.74 Å². The van der Waals surface area contributed by atoms with Gasteiger partial charge in [0.15, 0.2) is 0 Å². The van der Waals surface area contributed by atoms with Crippen LogP contribution in [-0.2, 0) is 6.54 Å². The highest BCUT2D eigenvalue weighted by Gasteiger charge is 2.08. The number of ether oxygens (including phenoxy) is 1. The molecule has 5 heteroatoms. The van der Waals surface area contributed by atoms with Crippen molar-refractivity contribution < 1.29 is 4.74 Å². The Morgan fingerprint density at radius 3 is 2.74 bits per heavy atom. The van der Waals surface area contributed by atoms with Crippen LogP contribution in [0.1, 0.15) is 32.4 Å². The van der Waals surface area contributed by atoms with Gasteiger partial charge in [0.2, 0.25) is 5.88 Å². The minimum absolute atomic E-state index is 0.194. The second-order valence-corrected chi connectivity index (χ2v) is 4.31. The van der Waals surface area contributed by atoms with Crippen molar-refractivity contribution in [3.05, 3.63) is 36.3 Å². The molecule has 0 bridgehead atoms. The summed E-state index contributed by atoms with van der Waals surface area (Å²) in [6, 6.07) is 4.03. The summed E-state index contributed by atoms with van der Waals surface area (Å²) in [5.41, 5.74) is 2.14. The van der Waals surface area contributed by atoms with E-state index in [2.05, 4.69) is 35.4 Å². The van der Waals surface area contributed by atoms with Crippen LogP contribution in [0.2, 0.25) is 0 Å². The number of nitrogens with zero attached hydrogens (tertiary/aromatic N) is 3. The molecule has 0 aliphatic rings. The Bertz CT molecular complexity index is 506. The molecule has 2 aromatic heterocycles. The van der Waals surface area contributed by atoms with Gasteiger partial charge in [0.1, 0.15) is 0 Å². The molecule has 0 aromatic carbocycles. The third kappa shape index (κ3) is 3.47. The summed E-state index contributed by atoms with van der Waals surface area (Å²) in [5, 5.41) is 7.67. The average Bonchev–Trinajstić information content (AvgIpc) is 2.90. The van der Waals surface area contributed by atoms with Gasteiger partial charge in [0.25, 0.3) is 0 Å². The highest BCUT2D eigenvalue weighted by atomic mass is 16.5. The number of rotatable bonds is 6. The zero-order chi connectivity index (χ0) is 13.7. The van der Waals surface area contributed by atoms with Crippen LogP contribution in [0.4, 0.5) is 5.69 Å². The van der Waals surface area contributed by atoms with Crippen LogP contribution < -0.4 is 10.1 Å². The predicted octanol–water partition coefficient (Wildman–Crippen LogP) is 2.87. The van der Waals surface area contributed by atoms with Crippen molar-refractivity contribution in [2.75, 3.05) is 11.9 Å². The van der Waals surface area contributed by atoms with Gasteiger partial charge in [-0.2, -0.15) is 5.10 Å². The minimum Gasteiger partial charge on any atom is -0.478 e. The summed E-state index contributed by atoms with van der Waals surface area (Å²) in [4.78, 5) is 4.23. The van der Waals surface area contributed by atoms with Crippen molar-refractivity contribution >= 4 is 5.69 Å². The summed E-state index contributed by atoms with van der Waals surface area (Å²) in [6.07, 6.45) is 5.73. The topological polar surface area (TPSA) is 52.0 Å². The molecule has 0 aliphatic heterocycles. The highest BCUT2D eigenvalue weighted by Crippen LogP contribution is 2.19. The van der Waals surface area contributed by atoms with E-state index in [0.29, 0.717) is 12.5 Å². The van der Waals surface area contributed by atoms with E-state index in [1.807, 2.05) is 29.9 Å². The van der Waals surface area contributed by atoms with Crippen molar-refractivity contribution in [3.8, 4) is 5.88 Å². The average molecular weight is 260 g/mol. The number of hydrogen-bond acceptors (Lipinski definition) is 4. The molecule has 102 valence electrons. The Hall–Kier alpha value is -2.04. The molecular formula is C14H20N4O. The number of pyridine rings is 1. The molecule has 1 unspecified atom stereocenters. The molecule has 2 heterocycles. The van der Waals surface area contributed by atoms with Gasteiger partial charge >= 0.3 is 0 Å². The zero-order valence-corrected chi connectivity index (χ0v) is 11.6. The lowest BCUT2D eigenvalue weighted by Gasteiger charge is -2.13. The molecule has 2 aromatic rings. The van der Waals surface area contributed by atoms with Gasteiger partial charge in [-0.05, 0) is 26.8 Å². The molecule has 0 fully saturated rings. The molecule has 0 saturated carbocycles. The highest BCUT2D eigenvalue weighted by molar-refractivity contribution is 5.44. The lowest BCUT2D eigenvalue weighted by Crippen LogP contribution is -2.06. The van der Waals surface area contributed by atoms with Gasteiger partial charge in [0.05, 0.1) is 30.7 Å². The number of anilines is 1. The first kappa shape index (κ1) is 13.4. The third-order valence-electron chi connectivity index (χ3n) is 2.89. The van der Waals surface area contributed by atoms with E-state index < -0.39 is 0 Å². The number of aromatic nitrogens is 3. The smallest absolute Gasteiger partial charge is 0.213 e. The summed E-state index contributed by atoms with van der Waals surface area (Å²) in [5.74, 6) is 0.652. The molecule has 0 amide bonds. The van der Waals surface area contributed by atoms with E-state index in [-0.39, 0.29) is 6.04 Å². The lowest BCUT2D eigenvalue weighted by molar-refractivity contribution is 0.327. The van der Waals surface area contributed by atoms with Gasteiger partial charge in [-0.3, -0.25) is 4.68 Å². The van der Waals surface area contributed by atoms with E-state index in [9.17, 15) is 0 Å². The minimum atomic E-state index is 0.194. The number of nitrogens with one attached hydrogen (secondary N) is 1. The first-order valence-electron chi connectivity index (χ1n) is 6.60. The molecule has 19 heavy (non-hydrogen) atoms. The Labute approximate surface area is 113 Å². The van der Waals surface area contributed by atoms with Crippen LogP contribution in [0.5, 0.6) is 5.88 Å². The standard InChI is InChI=1S/C14H20N4O/c1-4-18-10-12(8-16-18)11(3)17-13-6-7-14(15-9-13)19-5-2/h6-11,17H,4-5H2,1-3H3. The fourth-order valence-corrected chi connectivity index (χ4v) is 1.81. The monoisotopic (exact) mass is 260 g/mol. The first-order valence-corrected chi connectivity index (χ1v) is 6.60. The van der Waals surface area contributed by atoms with E-state index in [1.54, 1.807) is 6.20 Å². The first-order chi connectivity index (χ1) is 9.22. The maximum absolute atomic E-state index is 5.32. The fourth-order valence-electron chi connectivity index (χ4n) is 1.81. The molecular weight excluding hydrogens is 240 g/mol. The summed E-state index contributed by atoms with van der Waals surface area (Å²) in [7, 11) is 0. The summed E-state index contributed by atoms with van der Waals surface area (Å²) >= 11 is 0. The van der Waals surface area contributed by atoms with Crippen molar-refractivity contribution in [2.24, 2.45) is 0 Å². The van der Waals surface area contributed by atoms with E-state index in [1.165, 1.54) is 0 Å². The van der Waals surface area contributed by atoms with Crippen LogP contribution in [0, 0.1) is 0 Å². The molecule has 0 saturated heterocycles. The van der Waals surface area contributed by atoms with Crippen LogP contribution in [0.25, 0.3) is 0 Å². The van der Waals surface area contributed by atoms with Crippen molar-refractivity contribution in [1.82, 2.24) is 14.8 Å².